The number of amides is 1. The minimum Gasteiger partial charge on any atom is -0.307 e. The first-order chi connectivity index (χ1) is 12.2. The van der Waals surface area contributed by atoms with Gasteiger partial charge in [0.1, 0.15) is 23.5 Å². The van der Waals surface area contributed by atoms with Gasteiger partial charge >= 0.3 is 0 Å². The second-order valence-corrected chi connectivity index (χ2v) is 7.72. The van der Waals surface area contributed by atoms with Crippen LogP contribution in [0, 0.1) is 17.5 Å². The van der Waals surface area contributed by atoms with E-state index in [1.807, 2.05) is 0 Å². The molecule has 1 atom stereocenters. The van der Waals surface area contributed by atoms with Crippen LogP contribution in [0.2, 0.25) is 0 Å². The zero-order valence-corrected chi connectivity index (χ0v) is 14.5. The van der Waals surface area contributed by atoms with Crippen molar-refractivity contribution < 1.29 is 26.4 Å². The second kappa shape index (κ2) is 6.73. The van der Waals surface area contributed by atoms with Gasteiger partial charge in [-0.05, 0) is 43.3 Å². The summed E-state index contributed by atoms with van der Waals surface area (Å²) in [6.07, 6.45) is 0. The molecule has 2 aromatic rings. The summed E-state index contributed by atoms with van der Waals surface area (Å²) in [4.78, 5) is 13.6. The Morgan fingerprint density at radius 2 is 1.58 bits per heavy atom. The van der Waals surface area contributed by atoms with E-state index in [9.17, 15) is 26.4 Å². The molecule has 0 bridgehead atoms. The highest BCUT2D eigenvalue weighted by Gasteiger charge is 2.40. The molecule has 1 aliphatic rings. The average molecular weight is 384 g/mol. The third-order valence-electron chi connectivity index (χ3n) is 4.22. The Morgan fingerprint density at radius 1 is 0.962 bits per heavy atom. The molecule has 1 fully saturated rings. The van der Waals surface area contributed by atoms with Crippen molar-refractivity contribution in [2.75, 3.05) is 18.0 Å². The fraction of sp³-hybridized carbons (Fsp3) is 0.235. The molecule has 1 saturated heterocycles. The van der Waals surface area contributed by atoms with Crippen LogP contribution in [0.3, 0.4) is 0 Å². The predicted octanol–water partition coefficient (Wildman–Crippen LogP) is 2.53. The van der Waals surface area contributed by atoms with Crippen molar-refractivity contribution in [3.8, 4) is 0 Å². The van der Waals surface area contributed by atoms with E-state index >= 15 is 0 Å². The zero-order valence-electron chi connectivity index (χ0n) is 13.7. The van der Waals surface area contributed by atoms with Gasteiger partial charge in [-0.2, -0.15) is 4.31 Å². The maximum Gasteiger partial charge on any atom is 0.245 e. The van der Waals surface area contributed by atoms with Crippen molar-refractivity contribution >= 4 is 21.6 Å². The molecule has 1 aliphatic heterocycles. The number of carbonyl (C=O) groups excluding carboxylic acids is 1. The van der Waals surface area contributed by atoms with E-state index in [0.29, 0.717) is 6.07 Å². The largest absolute Gasteiger partial charge is 0.307 e. The van der Waals surface area contributed by atoms with Gasteiger partial charge < -0.3 is 4.90 Å². The first-order valence-corrected chi connectivity index (χ1v) is 9.19. The minimum absolute atomic E-state index is 0.0799. The lowest BCUT2D eigenvalue weighted by Crippen LogP contribution is -2.57. The zero-order chi connectivity index (χ0) is 19.1. The number of rotatable bonds is 3. The number of carbonyl (C=O) groups is 1. The molecular weight excluding hydrogens is 369 g/mol. The van der Waals surface area contributed by atoms with Crippen LogP contribution in [-0.2, 0) is 14.8 Å². The Labute approximate surface area is 148 Å². The van der Waals surface area contributed by atoms with E-state index in [-0.39, 0.29) is 23.7 Å². The fourth-order valence-corrected chi connectivity index (χ4v) is 4.44. The molecule has 0 radical (unpaired) electrons. The Kier molecular flexibility index (Phi) is 4.76. The Hall–Kier alpha value is -2.39. The molecule has 0 spiro atoms. The first-order valence-electron chi connectivity index (χ1n) is 7.75. The number of anilines is 1. The molecule has 138 valence electrons. The van der Waals surface area contributed by atoms with Crippen LogP contribution in [0.25, 0.3) is 0 Å². The lowest BCUT2D eigenvalue weighted by Gasteiger charge is -2.38. The summed E-state index contributed by atoms with van der Waals surface area (Å²) in [5, 5.41) is 0. The smallest absolute Gasteiger partial charge is 0.245 e. The molecule has 0 aliphatic carbocycles. The van der Waals surface area contributed by atoms with E-state index in [1.54, 1.807) is 0 Å². The number of hydrogen-bond donors (Lipinski definition) is 0. The molecule has 0 saturated carbocycles. The molecule has 3 rings (SSSR count). The van der Waals surface area contributed by atoms with Gasteiger partial charge in [0.2, 0.25) is 15.9 Å². The standard InChI is InChI=1S/C17H15F3N2O3S/c1-11-17(23)21(16-7-4-13(19)10-15(16)20)8-9-22(11)26(24,25)14-5-2-12(18)3-6-14/h2-7,10-11H,8-9H2,1H3. The van der Waals surface area contributed by atoms with Gasteiger partial charge in [-0.15, -0.1) is 0 Å². The molecular formula is C17H15F3N2O3S. The molecule has 1 heterocycles. The van der Waals surface area contributed by atoms with Gasteiger partial charge in [-0.25, -0.2) is 21.6 Å². The number of sulfonamides is 1. The summed E-state index contributed by atoms with van der Waals surface area (Å²) in [7, 11) is -4.02. The third kappa shape index (κ3) is 3.19. The predicted molar refractivity (Wildman–Crippen MR) is 88.5 cm³/mol. The van der Waals surface area contributed by atoms with E-state index in [0.717, 1.165) is 45.6 Å². The second-order valence-electron chi connectivity index (χ2n) is 5.83. The van der Waals surface area contributed by atoms with E-state index in [2.05, 4.69) is 0 Å². The molecule has 5 nitrogen and oxygen atoms in total. The molecule has 1 amide bonds. The normalized spacial score (nSPS) is 19.0. The van der Waals surface area contributed by atoms with Gasteiger partial charge in [-0.3, -0.25) is 4.79 Å². The Balaban J connectivity index is 1.89. The van der Waals surface area contributed by atoms with Crippen LogP contribution in [0.15, 0.2) is 47.4 Å². The van der Waals surface area contributed by atoms with Crippen LogP contribution < -0.4 is 4.90 Å². The molecule has 0 aromatic heterocycles. The van der Waals surface area contributed by atoms with Gasteiger partial charge in [0, 0.05) is 19.2 Å². The SMILES string of the molecule is CC1C(=O)N(c2ccc(F)cc2F)CCN1S(=O)(=O)c1ccc(F)cc1. The summed E-state index contributed by atoms with van der Waals surface area (Å²) in [6.45, 7) is 1.21. The maximum atomic E-state index is 14.0. The van der Waals surface area contributed by atoms with Crippen molar-refractivity contribution in [3.63, 3.8) is 0 Å². The van der Waals surface area contributed by atoms with Crippen molar-refractivity contribution in [1.82, 2.24) is 4.31 Å². The molecule has 1 unspecified atom stereocenters. The first kappa shape index (κ1) is 18.4. The molecule has 9 heteroatoms. The van der Waals surface area contributed by atoms with Gasteiger partial charge in [-0.1, -0.05) is 0 Å². The summed E-state index contributed by atoms with van der Waals surface area (Å²) in [5.41, 5.74) is -0.109. The van der Waals surface area contributed by atoms with Gasteiger partial charge in [0.15, 0.2) is 0 Å². The fourth-order valence-electron chi connectivity index (χ4n) is 2.86. The summed E-state index contributed by atoms with van der Waals surface area (Å²) < 4.78 is 66.5. The third-order valence-corrected chi connectivity index (χ3v) is 6.20. The van der Waals surface area contributed by atoms with E-state index in [4.69, 9.17) is 0 Å². The van der Waals surface area contributed by atoms with E-state index < -0.39 is 39.4 Å². The number of halogens is 3. The van der Waals surface area contributed by atoms with Crippen molar-refractivity contribution in [1.29, 1.82) is 0 Å². The van der Waals surface area contributed by atoms with Crippen molar-refractivity contribution in [2.24, 2.45) is 0 Å². The maximum absolute atomic E-state index is 14.0. The van der Waals surface area contributed by atoms with Crippen molar-refractivity contribution in [2.45, 2.75) is 17.9 Å². The summed E-state index contributed by atoms with van der Waals surface area (Å²) in [5.74, 6) is -2.89. The number of nitrogens with zero attached hydrogens (tertiary/aromatic N) is 2. The van der Waals surface area contributed by atoms with Crippen LogP contribution in [-0.4, -0.2) is 37.8 Å². The van der Waals surface area contributed by atoms with Crippen LogP contribution in [0.5, 0.6) is 0 Å². The lowest BCUT2D eigenvalue weighted by atomic mass is 10.2. The van der Waals surface area contributed by atoms with Gasteiger partial charge in [0.25, 0.3) is 0 Å². The average Bonchev–Trinajstić information content (AvgIpc) is 2.58. The lowest BCUT2D eigenvalue weighted by molar-refractivity contribution is -0.123. The highest BCUT2D eigenvalue weighted by atomic mass is 32.2. The quantitative estimate of drug-likeness (QED) is 0.817. The molecule has 26 heavy (non-hydrogen) atoms. The van der Waals surface area contributed by atoms with Crippen LogP contribution in [0.4, 0.5) is 18.9 Å². The van der Waals surface area contributed by atoms with Gasteiger partial charge in [0.05, 0.1) is 10.6 Å². The number of hydrogen-bond acceptors (Lipinski definition) is 3. The van der Waals surface area contributed by atoms with Crippen LogP contribution in [0.1, 0.15) is 6.92 Å². The van der Waals surface area contributed by atoms with Crippen LogP contribution >= 0.6 is 0 Å². The minimum atomic E-state index is -4.02. The van der Waals surface area contributed by atoms with Crippen molar-refractivity contribution in [3.05, 3.63) is 59.9 Å². The molecule has 2 aromatic carbocycles. The highest BCUT2D eigenvalue weighted by molar-refractivity contribution is 7.89. The Morgan fingerprint density at radius 3 is 2.19 bits per heavy atom. The topological polar surface area (TPSA) is 57.7 Å². The highest BCUT2D eigenvalue weighted by Crippen LogP contribution is 2.27. The molecule has 0 N–H and O–H groups in total. The number of benzene rings is 2. The summed E-state index contributed by atoms with van der Waals surface area (Å²) >= 11 is 0. The number of piperazine rings is 1. The Bertz CT molecular complexity index is 948. The van der Waals surface area contributed by atoms with E-state index in [1.165, 1.54) is 6.92 Å². The monoisotopic (exact) mass is 384 g/mol. The summed E-state index contributed by atoms with van der Waals surface area (Å²) in [6, 6.07) is 6.00.